The van der Waals surface area contributed by atoms with E-state index in [-0.39, 0.29) is 5.91 Å². The standard InChI is InChI=1S/C24H29N3OS/c1-3-17-9-7-10-18(4-2)23(17)26-22(28)16-27-14-8-11-19(15-27)24-25-20-12-5-6-13-21(20)29-24/h5-7,9-10,12-13,19H,3-4,8,11,14-16H2,1-2H3,(H,26,28)/p+1/t19-/m1/s1. The maximum Gasteiger partial charge on any atom is 0.279 e. The van der Waals surface area contributed by atoms with Crippen molar-refractivity contribution in [2.75, 3.05) is 25.0 Å². The maximum absolute atomic E-state index is 12.9. The van der Waals surface area contributed by atoms with E-state index in [0.717, 1.165) is 43.6 Å². The molecule has 2 heterocycles. The van der Waals surface area contributed by atoms with Gasteiger partial charge in [0.1, 0.15) is 5.01 Å². The minimum atomic E-state index is 0.126. The number of hydrogen-bond acceptors (Lipinski definition) is 3. The third-order valence-corrected chi connectivity index (χ3v) is 7.15. The van der Waals surface area contributed by atoms with Crippen molar-refractivity contribution in [2.45, 2.75) is 45.4 Å². The van der Waals surface area contributed by atoms with Crippen LogP contribution in [-0.4, -0.2) is 30.5 Å². The van der Waals surface area contributed by atoms with Gasteiger partial charge in [-0.05, 0) is 48.9 Å². The number of thiazole rings is 1. The summed E-state index contributed by atoms with van der Waals surface area (Å²) in [5.74, 6) is 0.582. The number of nitrogens with zero attached hydrogens (tertiary/aromatic N) is 1. The van der Waals surface area contributed by atoms with Crippen LogP contribution in [0.25, 0.3) is 10.2 Å². The molecule has 0 radical (unpaired) electrons. The van der Waals surface area contributed by atoms with Crippen molar-refractivity contribution in [1.29, 1.82) is 0 Å². The minimum absolute atomic E-state index is 0.126. The van der Waals surface area contributed by atoms with Crippen molar-refractivity contribution in [3.05, 3.63) is 58.6 Å². The number of anilines is 1. The molecule has 29 heavy (non-hydrogen) atoms. The predicted octanol–water partition coefficient (Wildman–Crippen LogP) is 3.82. The van der Waals surface area contributed by atoms with E-state index in [1.165, 1.54) is 32.2 Å². The second kappa shape index (κ2) is 9.06. The number of amides is 1. The van der Waals surface area contributed by atoms with Crippen LogP contribution in [0.4, 0.5) is 5.69 Å². The van der Waals surface area contributed by atoms with Crippen LogP contribution in [0.5, 0.6) is 0 Å². The fraction of sp³-hybridized carbons (Fsp3) is 0.417. The molecule has 5 heteroatoms. The lowest BCUT2D eigenvalue weighted by molar-refractivity contribution is -0.898. The van der Waals surface area contributed by atoms with Gasteiger partial charge in [0, 0.05) is 5.69 Å². The summed E-state index contributed by atoms with van der Waals surface area (Å²) in [5.41, 5.74) is 4.57. The molecule has 152 valence electrons. The van der Waals surface area contributed by atoms with Gasteiger partial charge < -0.3 is 10.2 Å². The number of nitrogens with one attached hydrogen (secondary N) is 2. The van der Waals surface area contributed by atoms with Crippen LogP contribution in [-0.2, 0) is 17.6 Å². The molecule has 1 unspecified atom stereocenters. The number of rotatable bonds is 6. The summed E-state index contributed by atoms with van der Waals surface area (Å²) in [6, 6.07) is 14.7. The number of aryl methyl sites for hydroxylation is 2. The Bertz CT molecular complexity index is 941. The lowest BCUT2D eigenvalue weighted by atomic mass is 9.98. The van der Waals surface area contributed by atoms with Crippen LogP contribution in [0.2, 0.25) is 0 Å². The highest BCUT2D eigenvalue weighted by Gasteiger charge is 2.28. The molecule has 4 rings (SSSR count). The van der Waals surface area contributed by atoms with Crippen LogP contribution in [0.1, 0.15) is 48.7 Å². The van der Waals surface area contributed by atoms with Gasteiger partial charge in [-0.2, -0.15) is 0 Å². The van der Waals surface area contributed by atoms with Crippen molar-refractivity contribution in [3.63, 3.8) is 0 Å². The number of fused-ring (bicyclic) bond motifs is 1. The number of para-hydroxylation sites is 2. The number of quaternary nitrogens is 1. The highest BCUT2D eigenvalue weighted by Crippen LogP contribution is 2.30. The zero-order valence-electron chi connectivity index (χ0n) is 17.3. The molecule has 4 nitrogen and oxygen atoms in total. The van der Waals surface area contributed by atoms with E-state index in [2.05, 4.69) is 55.6 Å². The van der Waals surface area contributed by atoms with E-state index in [4.69, 9.17) is 4.98 Å². The Morgan fingerprint density at radius 2 is 1.90 bits per heavy atom. The number of aromatic nitrogens is 1. The lowest BCUT2D eigenvalue weighted by Crippen LogP contribution is -3.14. The number of benzene rings is 2. The smallest absolute Gasteiger partial charge is 0.279 e. The SMILES string of the molecule is CCc1cccc(CC)c1NC(=O)C[NH+]1CCC[C@@H](c2nc3ccccc3s2)C1. The average Bonchev–Trinajstić information content (AvgIpc) is 3.18. The topological polar surface area (TPSA) is 46.4 Å². The molecule has 1 aromatic heterocycles. The molecule has 0 spiro atoms. The molecule has 0 saturated carbocycles. The number of likely N-dealkylation sites (tertiary alicyclic amines) is 1. The molecule has 1 saturated heterocycles. The molecular formula is C24H30N3OS+. The van der Waals surface area contributed by atoms with Crippen molar-refractivity contribution in [2.24, 2.45) is 0 Å². The average molecular weight is 409 g/mol. The van der Waals surface area contributed by atoms with E-state index in [1.807, 2.05) is 17.4 Å². The molecule has 1 amide bonds. The fourth-order valence-electron chi connectivity index (χ4n) is 4.40. The van der Waals surface area contributed by atoms with E-state index in [1.54, 1.807) is 0 Å². The van der Waals surface area contributed by atoms with Gasteiger partial charge in [-0.15, -0.1) is 11.3 Å². The molecule has 3 aromatic rings. The lowest BCUT2D eigenvalue weighted by Gasteiger charge is -2.28. The van der Waals surface area contributed by atoms with E-state index in [9.17, 15) is 4.79 Å². The van der Waals surface area contributed by atoms with Crippen molar-refractivity contribution >= 4 is 33.1 Å². The molecule has 2 aromatic carbocycles. The fourth-order valence-corrected chi connectivity index (χ4v) is 5.50. The van der Waals surface area contributed by atoms with Crippen molar-refractivity contribution < 1.29 is 9.69 Å². The maximum atomic E-state index is 12.9. The summed E-state index contributed by atoms with van der Waals surface area (Å²) in [6.45, 7) is 6.86. The van der Waals surface area contributed by atoms with Crippen LogP contribution in [0.15, 0.2) is 42.5 Å². The van der Waals surface area contributed by atoms with E-state index >= 15 is 0 Å². The van der Waals surface area contributed by atoms with Gasteiger partial charge in [0.2, 0.25) is 0 Å². The summed E-state index contributed by atoms with van der Waals surface area (Å²) in [7, 11) is 0. The van der Waals surface area contributed by atoms with Crippen molar-refractivity contribution in [1.82, 2.24) is 4.98 Å². The first-order valence-corrected chi connectivity index (χ1v) is 11.6. The van der Waals surface area contributed by atoms with Crippen LogP contribution in [0.3, 0.4) is 0 Å². The minimum Gasteiger partial charge on any atom is -0.327 e. The first kappa shape index (κ1) is 20.0. The molecule has 1 fully saturated rings. The van der Waals surface area contributed by atoms with Crippen LogP contribution in [0, 0.1) is 0 Å². The molecule has 0 aliphatic carbocycles. The second-order valence-corrected chi connectivity index (χ2v) is 9.01. The highest BCUT2D eigenvalue weighted by atomic mass is 32.1. The second-order valence-electron chi connectivity index (χ2n) is 7.95. The van der Waals surface area contributed by atoms with Crippen LogP contribution < -0.4 is 10.2 Å². The Kier molecular flexibility index (Phi) is 6.26. The van der Waals surface area contributed by atoms with E-state index < -0.39 is 0 Å². The monoisotopic (exact) mass is 408 g/mol. The molecule has 2 N–H and O–H groups in total. The van der Waals surface area contributed by atoms with Gasteiger partial charge in [-0.1, -0.05) is 44.2 Å². The zero-order valence-corrected chi connectivity index (χ0v) is 18.1. The summed E-state index contributed by atoms with van der Waals surface area (Å²) in [5, 5.41) is 4.46. The zero-order chi connectivity index (χ0) is 20.2. The third-order valence-electron chi connectivity index (χ3n) is 5.95. The van der Waals surface area contributed by atoms with Gasteiger partial charge in [0.15, 0.2) is 6.54 Å². The van der Waals surface area contributed by atoms with Gasteiger partial charge in [-0.25, -0.2) is 4.98 Å². The first-order chi connectivity index (χ1) is 14.2. The molecule has 2 atom stereocenters. The van der Waals surface area contributed by atoms with Gasteiger partial charge in [0.05, 0.1) is 29.2 Å². The number of hydrogen-bond donors (Lipinski definition) is 2. The van der Waals surface area contributed by atoms with Gasteiger partial charge in [-0.3, -0.25) is 4.79 Å². The highest BCUT2D eigenvalue weighted by molar-refractivity contribution is 7.18. The van der Waals surface area contributed by atoms with Gasteiger partial charge in [0.25, 0.3) is 5.91 Å². The summed E-state index contributed by atoms with van der Waals surface area (Å²) in [6.07, 6.45) is 4.18. The van der Waals surface area contributed by atoms with Gasteiger partial charge >= 0.3 is 0 Å². The quantitative estimate of drug-likeness (QED) is 0.651. The molecular weight excluding hydrogens is 378 g/mol. The molecule has 1 aliphatic rings. The number of carbonyl (C=O) groups is 1. The largest absolute Gasteiger partial charge is 0.327 e. The number of piperidine rings is 1. The summed E-state index contributed by atoms with van der Waals surface area (Å²) < 4.78 is 1.26. The third kappa shape index (κ3) is 4.51. The number of carbonyl (C=O) groups excluding carboxylic acids is 1. The van der Waals surface area contributed by atoms with E-state index in [0.29, 0.717) is 12.5 Å². The Morgan fingerprint density at radius 3 is 2.62 bits per heavy atom. The Hall–Kier alpha value is -2.24. The normalized spacial score (nSPS) is 19.4. The Morgan fingerprint density at radius 1 is 1.14 bits per heavy atom. The van der Waals surface area contributed by atoms with Crippen molar-refractivity contribution in [3.8, 4) is 0 Å². The predicted molar refractivity (Wildman–Crippen MR) is 121 cm³/mol. The summed E-state index contributed by atoms with van der Waals surface area (Å²) >= 11 is 1.81. The van der Waals surface area contributed by atoms with Crippen LogP contribution >= 0.6 is 11.3 Å². The first-order valence-electron chi connectivity index (χ1n) is 10.8. The Balaban J connectivity index is 1.42. The summed E-state index contributed by atoms with van der Waals surface area (Å²) in [4.78, 5) is 19.1. The molecule has 0 bridgehead atoms. The Labute approximate surface area is 177 Å². The molecule has 1 aliphatic heterocycles.